The molecule has 1 saturated heterocycles. The fourth-order valence-electron chi connectivity index (χ4n) is 3.12. The van der Waals surface area contributed by atoms with Gasteiger partial charge in [0, 0.05) is 6.54 Å². The first kappa shape index (κ1) is 19.4. The van der Waals surface area contributed by atoms with E-state index in [2.05, 4.69) is 15.4 Å². The van der Waals surface area contributed by atoms with Crippen molar-refractivity contribution in [2.75, 3.05) is 24.4 Å². The fraction of sp³-hybridized carbons (Fsp3) is 0.350. The van der Waals surface area contributed by atoms with Crippen molar-refractivity contribution < 1.29 is 13.2 Å². The molecule has 2 aromatic rings. The lowest BCUT2D eigenvalue weighted by Gasteiger charge is -2.23. The lowest BCUT2D eigenvalue weighted by atomic mass is 9.99. The number of hydrogen-bond acceptors (Lipinski definition) is 4. The van der Waals surface area contributed by atoms with E-state index in [1.54, 1.807) is 48.5 Å². The maximum Gasteiger partial charge on any atom is 0.261 e. The van der Waals surface area contributed by atoms with Crippen molar-refractivity contribution in [3.63, 3.8) is 0 Å². The van der Waals surface area contributed by atoms with Gasteiger partial charge in [0.2, 0.25) is 0 Å². The van der Waals surface area contributed by atoms with Gasteiger partial charge in [0.1, 0.15) is 0 Å². The molecule has 1 unspecified atom stereocenters. The summed E-state index contributed by atoms with van der Waals surface area (Å²) in [5.41, 5.74) is 1.57. The van der Waals surface area contributed by atoms with Crippen LogP contribution in [-0.4, -0.2) is 34.0 Å². The van der Waals surface area contributed by atoms with E-state index in [-0.39, 0.29) is 16.5 Å². The zero-order chi connectivity index (χ0) is 19.3. The largest absolute Gasteiger partial charge is 0.352 e. The lowest BCUT2D eigenvalue weighted by Crippen LogP contribution is -2.38. The molecule has 3 rings (SSSR count). The Hall–Kier alpha value is -2.38. The highest BCUT2D eigenvalue weighted by atomic mass is 32.2. The quantitative estimate of drug-likeness (QED) is 0.711. The van der Waals surface area contributed by atoms with Crippen molar-refractivity contribution in [1.82, 2.24) is 10.6 Å². The van der Waals surface area contributed by atoms with Crippen LogP contribution < -0.4 is 15.4 Å². The molecule has 1 fully saturated rings. The number of aryl methyl sites for hydroxylation is 1. The van der Waals surface area contributed by atoms with Gasteiger partial charge in [0.15, 0.2) is 0 Å². The van der Waals surface area contributed by atoms with Crippen molar-refractivity contribution in [2.45, 2.75) is 24.7 Å². The standard InChI is InChI=1S/C20H25N3O3S/c1-15-8-10-17(11-9-15)27(25,26)23-19-7-3-2-6-18(19)20(24)22-14-16-5-4-12-21-13-16/h2-3,6-11,16,21,23H,4-5,12-14H2,1H3,(H,22,24). The van der Waals surface area contributed by atoms with E-state index >= 15 is 0 Å². The van der Waals surface area contributed by atoms with Gasteiger partial charge in [0.25, 0.3) is 15.9 Å². The number of rotatable bonds is 6. The Morgan fingerprint density at radius 2 is 1.89 bits per heavy atom. The molecule has 2 aromatic carbocycles. The first-order valence-corrected chi connectivity index (χ1v) is 10.6. The van der Waals surface area contributed by atoms with Gasteiger partial charge in [-0.1, -0.05) is 29.8 Å². The maximum absolute atomic E-state index is 12.6. The summed E-state index contributed by atoms with van der Waals surface area (Å²) in [5, 5.41) is 6.25. The van der Waals surface area contributed by atoms with Crippen molar-refractivity contribution in [1.29, 1.82) is 0 Å². The third-order valence-corrected chi connectivity index (χ3v) is 6.08. The molecule has 1 amide bonds. The van der Waals surface area contributed by atoms with Gasteiger partial charge >= 0.3 is 0 Å². The van der Waals surface area contributed by atoms with Crippen LogP contribution in [0.3, 0.4) is 0 Å². The third kappa shape index (κ3) is 5.08. The Morgan fingerprint density at radius 3 is 2.59 bits per heavy atom. The number of anilines is 1. The molecule has 144 valence electrons. The van der Waals surface area contributed by atoms with Gasteiger partial charge in [-0.25, -0.2) is 8.42 Å². The molecule has 1 aliphatic rings. The Balaban J connectivity index is 1.73. The molecule has 0 spiro atoms. The molecule has 0 radical (unpaired) electrons. The number of para-hydroxylation sites is 1. The number of amides is 1. The van der Waals surface area contributed by atoms with E-state index in [1.165, 1.54) is 0 Å². The molecular weight excluding hydrogens is 362 g/mol. The lowest BCUT2D eigenvalue weighted by molar-refractivity contribution is 0.0945. The van der Waals surface area contributed by atoms with Crippen LogP contribution in [0.2, 0.25) is 0 Å². The zero-order valence-electron chi connectivity index (χ0n) is 15.4. The van der Waals surface area contributed by atoms with E-state index in [0.29, 0.717) is 18.0 Å². The van der Waals surface area contributed by atoms with Crippen LogP contribution in [0.15, 0.2) is 53.4 Å². The van der Waals surface area contributed by atoms with Crippen LogP contribution >= 0.6 is 0 Å². The second-order valence-corrected chi connectivity index (χ2v) is 8.57. The molecule has 1 atom stereocenters. The van der Waals surface area contributed by atoms with E-state index < -0.39 is 10.0 Å². The van der Waals surface area contributed by atoms with Gasteiger partial charge in [-0.2, -0.15) is 0 Å². The highest BCUT2D eigenvalue weighted by Gasteiger charge is 2.20. The SMILES string of the molecule is Cc1ccc(S(=O)(=O)Nc2ccccc2C(=O)NCC2CCCNC2)cc1. The zero-order valence-corrected chi connectivity index (χ0v) is 16.2. The van der Waals surface area contributed by atoms with E-state index in [9.17, 15) is 13.2 Å². The second kappa shape index (κ2) is 8.54. The van der Waals surface area contributed by atoms with Crippen molar-refractivity contribution in [3.8, 4) is 0 Å². The Kier molecular flexibility index (Phi) is 6.13. The minimum atomic E-state index is -3.76. The van der Waals surface area contributed by atoms with Gasteiger partial charge in [-0.05, 0) is 63.0 Å². The average Bonchev–Trinajstić information content (AvgIpc) is 2.67. The van der Waals surface area contributed by atoms with Crippen molar-refractivity contribution >= 4 is 21.6 Å². The van der Waals surface area contributed by atoms with Gasteiger partial charge < -0.3 is 10.6 Å². The van der Waals surface area contributed by atoms with Crippen LogP contribution in [0.1, 0.15) is 28.8 Å². The van der Waals surface area contributed by atoms with Gasteiger partial charge in [-0.15, -0.1) is 0 Å². The fourth-order valence-corrected chi connectivity index (χ4v) is 4.20. The number of hydrogen-bond donors (Lipinski definition) is 3. The highest BCUT2D eigenvalue weighted by molar-refractivity contribution is 7.92. The summed E-state index contributed by atoms with van der Waals surface area (Å²) in [4.78, 5) is 12.8. The normalized spacial score (nSPS) is 17.3. The molecule has 3 N–H and O–H groups in total. The summed E-state index contributed by atoms with van der Waals surface area (Å²) in [6, 6.07) is 13.2. The molecule has 6 nitrogen and oxygen atoms in total. The summed E-state index contributed by atoms with van der Waals surface area (Å²) in [7, 11) is -3.76. The van der Waals surface area contributed by atoms with Gasteiger partial charge in [0.05, 0.1) is 16.1 Å². The Labute approximate surface area is 160 Å². The molecule has 0 saturated carbocycles. The monoisotopic (exact) mass is 387 g/mol. The Bertz CT molecular complexity index is 889. The minimum Gasteiger partial charge on any atom is -0.352 e. The first-order chi connectivity index (χ1) is 13.0. The van der Waals surface area contributed by atoms with Crippen LogP contribution in [0.25, 0.3) is 0 Å². The van der Waals surface area contributed by atoms with E-state index in [1.807, 2.05) is 6.92 Å². The molecular formula is C20H25N3O3S. The molecule has 1 heterocycles. The number of nitrogens with one attached hydrogen (secondary N) is 3. The number of carbonyl (C=O) groups excluding carboxylic acids is 1. The van der Waals surface area contributed by atoms with Gasteiger partial charge in [-0.3, -0.25) is 9.52 Å². The average molecular weight is 388 g/mol. The summed E-state index contributed by atoms with van der Waals surface area (Å²) < 4.78 is 27.8. The predicted octanol–water partition coefficient (Wildman–Crippen LogP) is 2.53. The molecule has 0 aromatic heterocycles. The molecule has 27 heavy (non-hydrogen) atoms. The van der Waals surface area contributed by atoms with Crippen LogP contribution in [0, 0.1) is 12.8 Å². The summed E-state index contributed by atoms with van der Waals surface area (Å²) in [5.74, 6) is 0.127. The first-order valence-electron chi connectivity index (χ1n) is 9.13. The van der Waals surface area contributed by atoms with Crippen LogP contribution in [0.4, 0.5) is 5.69 Å². The minimum absolute atomic E-state index is 0.164. The van der Waals surface area contributed by atoms with Crippen molar-refractivity contribution in [2.24, 2.45) is 5.92 Å². The third-order valence-electron chi connectivity index (χ3n) is 4.70. The number of benzene rings is 2. The van der Waals surface area contributed by atoms with E-state index in [4.69, 9.17) is 0 Å². The molecule has 1 aliphatic heterocycles. The molecule has 7 heteroatoms. The highest BCUT2D eigenvalue weighted by Crippen LogP contribution is 2.21. The smallest absolute Gasteiger partial charge is 0.261 e. The number of carbonyl (C=O) groups is 1. The molecule has 0 bridgehead atoms. The Morgan fingerprint density at radius 1 is 1.15 bits per heavy atom. The maximum atomic E-state index is 12.6. The van der Waals surface area contributed by atoms with Crippen molar-refractivity contribution in [3.05, 3.63) is 59.7 Å². The summed E-state index contributed by atoms with van der Waals surface area (Å²) in [6.07, 6.45) is 2.18. The molecule has 0 aliphatic carbocycles. The summed E-state index contributed by atoms with van der Waals surface area (Å²) >= 11 is 0. The van der Waals surface area contributed by atoms with Crippen LogP contribution in [0.5, 0.6) is 0 Å². The number of sulfonamides is 1. The topological polar surface area (TPSA) is 87.3 Å². The van der Waals surface area contributed by atoms with Crippen LogP contribution in [-0.2, 0) is 10.0 Å². The predicted molar refractivity (Wildman–Crippen MR) is 106 cm³/mol. The number of piperidine rings is 1. The van der Waals surface area contributed by atoms with E-state index in [0.717, 1.165) is 31.5 Å². The second-order valence-electron chi connectivity index (χ2n) is 6.89. The summed E-state index contributed by atoms with van der Waals surface area (Å²) in [6.45, 7) is 4.38.